The van der Waals surface area contributed by atoms with Crippen LogP contribution in [-0.2, 0) is 0 Å². The zero-order valence-corrected chi connectivity index (χ0v) is 44.9. The fourth-order valence-corrected chi connectivity index (χ4v) is 13.2. The first-order chi connectivity index (χ1) is 40.0. The Morgan fingerprint density at radius 3 is 0.963 bits per heavy atom. The summed E-state index contributed by atoms with van der Waals surface area (Å²) in [5.41, 5.74) is 24.4. The maximum Gasteiger partial charge on any atom is 0.123 e. The first-order valence-corrected chi connectivity index (χ1v) is 28.4. The molecular weight excluding hydrogens is 986 g/mol. The molecule has 81 heavy (non-hydrogen) atoms. The van der Waals surface area contributed by atoms with Crippen LogP contribution in [-0.4, -0.2) is 15.0 Å². The van der Waals surface area contributed by atoms with E-state index in [2.05, 4.69) is 224 Å². The van der Waals surface area contributed by atoms with Crippen LogP contribution in [0.15, 0.2) is 279 Å². The van der Waals surface area contributed by atoms with Gasteiger partial charge in [-0.1, -0.05) is 206 Å². The Kier molecular flexibility index (Phi) is 13.4. The molecule has 388 valence electrons. The van der Waals surface area contributed by atoms with E-state index in [9.17, 15) is 4.39 Å². The average molecular weight is 1040 g/mol. The van der Waals surface area contributed by atoms with Crippen LogP contribution in [0.3, 0.4) is 0 Å². The third kappa shape index (κ3) is 10.1. The molecule has 4 heteroatoms. The summed E-state index contributed by atoms with van der Waals surface area (Å²) in [5, 5.41) is 0. The molecule has 0 amide bonds. The van der Waals surface area contributed by atoms with Crippen LogP contribution in [0.5, 0.6) is 0 Å². The molecule has 4 atom stereocenters. The third-order valence-electron chi connectivity index (χ3n) is 17.3. The van der Waals surface area contributed by atoms with Crippen LogP contribution < -0.4 is 0 Å². The van der Waals surface area contributed by atoms with Crippen LogP contribution in [0.1, 0.15) is 48.6 Å². The van der Waals surface area contributed by atoms with Crippen LogP contribution in [0.2, 0.25) is 0 Å². The van der Waals surface area contributed by atoms with Crippen molar-refractivity contribution in [3.63, 3.8) is 0 Å². The van der Waals surface area contributed by atoms with Crippen molar-refractivity contribution in [3.8, 4) is 112 Å². The van der Waals surface area contributed by atoms with Crippen molar-refractivity contribution < 1.29 is 4.39 Å². The molecule has 3 heterocycles. The van der Waals surface area contributed by atoms with E-state index in [0.717, 1.165) is 101 Å². The van der Waals surface area contributed by atoms with Crippen molar-refractivity contribution in [1.82, 2.24) is 15.0 Å². The smallest absolute Gasteiger partial charge is 0.123 e. The third-order valence-corrected chi connectivity index (χ3v) is 17.3. The minimum Gasteiger partial charge on any atom is -0.256 e. The highest BCUT2D eigenvalue weighted by Gasteiger charge is 2.42. The molecule has 0 N–H and O–H groups in total. The van der Waals surface area contributed by atoms with E-state index in [1.54, 1.807) is 12.1 Å². The largest absolute Gasteiger partial charge is 0.256 e. The lowest BCUT2D eigenvalue weighted by molar-refractivity contribution is 0.117. The Hall–Kier alpha value is -9.64. The summed E-state index contributed by atoms with van der Waals surface area (Å²) in [6.07, 6.45) is 11.0. The average Bonchev–Trinajstić information content (AvgIpc) is 3.74. The highest BCUT2D eigenvalue weighted by molar-refractivity contribution is 5.94. The maximum atomic E-state index is 13.8. The molecule has 3 nitrogen and oxygen atoms in total. The lowest BCUT2D eigenvalue weighted by Gasteiger charge is -2.48. The van der Waals surface area contributed by atoms with Gasteiger partial charge in [-0.2, -0.15) is 0 Å². The molecule has 3 saturated carbocycles. The Balaban J connectivity index is 0.784. The van der Waals surface area contributed by atoms with Gasteiger partial charge in [0, 0.05) is 52.0 Å². The Morgan fingerprint density at radius 1 is 0.259 bits per heavy atom. The molecule has 0 saturated heterocycles. The quantitative estimate of drug-likeness (QED) is 0.122. The highest BCUT2D eigenvalue weighted by Crippen LogP contribution is 2.56. The molecule has 3 aliphatic carbocycles. The minimum absolute atomic E-state index is 0.152. The van der Waals surface area contributed by atoms with Crippen molar-refractivity contribution in [2.75, 3.05) is 0 Å². The first kappa shape index (κ1) is 49.6. The molecule has 3 aromatic heterocycles. The second-order valence-electron chi connectivity index (χ2n) is 22.0. The van der Waals surface area contributed by atoms with E-state index < -0.39 is 0 Å². The summed E-state index contributed by atoms with van der Waals surface area (Å²) in [5.74, 6) is 2.27. The van der Waals surface area contributed by atoms with Gasteiger partial charge in [0.05, 0.1) is 17.1 Å². The lowest BCUT2D eigenvalue weighted by atomic mass is 9.57. The first-order valence-electron chi connectivity index (χ1n) is 28.4. The minimum atomic E-state index is -0.152. The number of pyridine rings is 3. The van der Waals surface area contributed by atoms with Crippen LogP contribution >= 0.6 is 0 Å². The summed E-state index contributed by atoms with van der Waals surface area (Å²) in [4.78, 5) is 15.1. The maximum absolute atomic E-state index is 13.8. The highest BCUT2D eigenvalue weighted by atomic mass is 19.1. The van der Waals surface area contributed by atoms with E-state index in [1.807, 2.05) is 42.9 Å². The Morgan fingerprint density at radius 2 is 0.580 bits per heavy atom. The van der Waals surface area contributed by atoms with Gasteiger partial charge in [-0.3, -0.25) is 15.0 Å². The van der Waals surface area contributed by atoms with E-state index >= 15 is 0 Å². The van der Waals surface area contributed by atoms with Crippen LogP contribution in [0.4, 0.5) is 4.39 Å². The van der Waals surface area contributed by atoms with Gasteiger partial charge < -0.3 is 0 Å². The normalized spacial score (nSPS) is 16.5. The van der Waals surface area contributed by atoms with E-state index in [4.69, 9.17) is 15.0 Å². The molecule has 3 fully saturated rings. The summed E-state index contributed by atoms with van der Waals surface area (Å²) in [7, 11) is 0. The molecule has 12 aromatic rings. The van der Waals surface area contributed by atoms with Crippen molar-refractivity contribution in [1.29, 1.82) is 0 Å². The molecule has 0 spiro atoms. The summed E-state index contributed by atoms with van der Waals surface area (Å²) in [6.45, 7) is 0. The zero-order chi connectivity index (χ0) is 54.1. The topological polar surface area (TPSA) is 38.7 Å². The van der Waals surface area contributed by atoms with Crippen molar-refractivity contribution in [2.24, 2.45) is 11.8 Å². The van der Waals surface area contributed by atoms with Crippen LogP contribution in [0, 0.1) is 17.7 Å². The van der Waals surface area contributed by atoms with Gasteiger partial charge in [0.15, 0.2) is 0 Å². The number of nitrogens with zero attached hydrogens (tertiary/aromatic N) is 3. The number of rotatable bonds is 12. The SMILES string of the molecule is Fc1ccc(C2CC3CCC2CC3c2ccc(-c3cccc(-c4ccc(-c5ccccc5-c5cc(-c6ccccc6-c6ccc(-c7ccccc7)nc6)cc(-c6ccccc6-c6ccc(-c7ccccc7)nc6)c5)cn4)c3)cc2)cc1. The summed E-state index contributed by atoms with van der Waals surface area (Å²) < 4.78 is 13.8. The van der Waals surface area contributed by atoms with Gasteiger partial charge in [-0.25, -0.2) is 4.39 Å². The number of fused-ring (bicyclic) bond motifs is 3. The molecule has 3 aliphatic rings. The van der Waals surface area contributed by atoms with Crippen molar-refractivity contribution in [3.05, 3.63) is 296 Å². The molecule has 0 aliphatic heterocycles. The molecule has 4 unspecified atom stereocenters. The number of hydrogen-bond donors (Lipinski definition) is 0. The number of hydrogen-bond acceptors (Lipinski definition) is 3. The fourth-order valence-electron chi connectivity index (χ4n) is 13.2. The number of halogens is 1. The van der Waals surface area contributed by atoms with Crippen molar-refractivity contribution in [2.45, 2.75) is 37.5 Å². The van der Waals surface area contributed by atoms with E-state index in [1.165, 1.54) is 47.9 Å². The zero-order valence-electron chi connectivity index (χ0n) is 44.9. The Bertz CT molecular complexity index is 4010. The number of benzene rings is 9. The van der Waals surface area contributed by atoms with Gasteiger partial charge >= 0.3 is 0 Å². The predicted molar refractivity (Wildman–Crippen MR) is 332 cm³/mol. The second kappa shape index (κ2) is 21.9. The second-order valence-corrected chi connectivity index (χ2v) is 22.0. The molecule has 2 bridgehead atoms. The van der Waals surface area contributed by atoms with E-state index in [-0.39, 0.29) is 5.82 Å². The molecular formula is C77H58FN3. The van der Waals surface area contributed by atoms with Crippen molar-refractivity contribution >= 4 is 0 Å². The van der Waals surface area contributed by atoms with E-state index in [0.29, 0.717) is 23.7 Å². The standard InChI is InChI=1S/C77H58FN3/c78-66-37-32-53(33-38-66)74-47-57-30-31-58(74)46-73(57)52-28-26-51(27-29-52)56-18-13-19-59(42-56)77-41-36-62(50-81-77)69-22-9-12-25-72(69)65-44-63(70-23-10-7-20-67(70)60-34-39-75(79-48-60)54-14-3-1-4-15-54)43-64(45-65)71-24-11-8-21-68(71)61-35-40-76(80-49-61)55-16-5-2-6-17-55/h1-29,32-45,48-50,57-58,73-74H,30-31,46-47H2. The van der Waals surface area contributed by atoms with Gasteiger partial charge in [-0.05, 0) is 176 Å². The summed E-state index contributed by atoms with van der Waals surface area (Å²) >= 11 is 0. The Labute approximate surface area is 474 Å². The lowest BCUT2D eigenvalue weighted by Crippen LogP contribution is -2.35. The van der Waals surface area contributed by atoms with Gasteiger partial charge in [0.1, 0.15) is 5.82 Å². The van der Waals surface area contributed by atoms with Crippen LogP contribution in [0.25, 0.3) is 112 Å². The van der Waals surface area contributed by atoms with Gasteiger partial charge in [0.2, 0.25) is 0 Å². The monoisotopic (exact) mass is 1040 g/mol. The molecule has 9 aromatic carbocycles. The molecule has 0 radical (unpaired) electrons. The van der Waals surface area contributed by atoms with Gasteiger partial charge in [0.25, 0.3) is 0 Å². The molecule has 15 rings (SSSR count). The predicted octanol–water partition coefficient (Wildman–Crippen LogP) is 20.4. The van der Waals surface area contributed by atoms with Gasteiger partial charge in [-0.15, -0.1) is 0 Å². The number of aromatic nitrogens is 3. The summed E-state index contributed by atoms with van der Waals surface area (Å²) in [6, 6.07) is 92.2. The fraction of sp³-hybridized carbons (Fsp3) is 0.104.